The Morgan fingerprint density at radius 1 is 1.25 bits per heavy atom. The van der Waals surface area contributed by atoms with Crippen molar-refractivity contribution in [2.45, 2.75) is 45.6 Å². The van der Waals surface area contributed by atoms with Crippen LogP contribution >= 0.6 is 0 Å². The van der Waals surface area contributed by atoms with Gasteiger partial charge in [-0.05, 0) is 38.8 Å². The molecule has 0 aromatic rings. The average Bonchev–Trinajstić information content (AvgIpc) is 1.97. The first-order valence-corrected chi connectivity index (χ1v) is 5.07. The Morgan fingerprint density at radius 2 is 1.92 bits per heavy atom. The largest absolute Gasteiger partial charge is 0.328 e. The molecule has 0 rings (SSSR count). The van der Waals surface area contributed by atoms with Gasteiger partial charge in [-0.25, -0.2) is 0 Å². The molecular weight excluding hydrogens is 148 g/mol. The van der Waals surface area contributed by atoms with Gasteiger partial charge in [0.2, 0.25) is 0 Å². The summed E-state index contributed by atoms with van der Waals surface area (Å²) in [5, 5.41) is 3.14. The van der Waals surface area contributed by atoms with Crippen LogP contribution in [0.25, 0.3) is 0 Å². The van der Waals surface area contributed by atoms with E-state index >= 15 is 0 Å². The summed E-state index contributed by atoms with van der Waals surface area (Å²) >= 11 is 0. The van der Waals surface area contributed by atoms with Crippen LogP contribution in [-0.2, 0) is 0 Å². The lowest BCUT2D eigenvalue weighted by atomic mass is 10.00. The molecule has 12 heavy (non-hydrogen) atoms. The molecule has 0 heterocycles. The number of rotatable bonds is 7. The maximum absolute atomic E-state index is 5.94. The minimum absolute atomic E-state index is 0.418. The van der Waals surface area contributed by atoms with Gasteiger partial charge in [-0.2, -0.15) is 0 Å². The van der Waals surface area contributed by atoms with Gasteiger partial charge < -0.3 is 11.1 Å². The quantitative estimate of drug-likeness (QED) is 0.574. The van der Waals surface area contributed by atoms with E-state index in [9.17, 15) is 0 Å². The maximum Gasteiger partial charge on any atom is 0.00412 e. The molecule has 0 bridgehead atoms. The molecule has 3 N–H and O–H groups in total. The lowest BCUT2D eigenvalue weighted by Crippen LogP contribution is -2.22. The van der Waals surface area contributed by atoms with E-state index in [0.717, 1.165) is 12.5 Å². The van der Waals surface area contributed by atoms with E-state index < -0.39 is 0 Å². The highest BCUT2D eigenvalue weighted by Gasteiger charge is 2.04. The van der Waals surface area contributed by atoms with Gasteiger partial charge in [-0.1, -0.05) is 20.3 Å². The molecule has 0 radical (unpaired) electrons. The van der Waals surface area contributed by atoms with Crippen molar-refractivity contribution in [3.63, 3.8) is 0 Å². The molecule has 0 aliphatic carbocycles. The summed E-state index contributed by atoms with van der Waals surface area (Å²) in [5.74, 6) is 0.740. The molecule has 2 heteroatoms. The summed E-state index contributed by atoms with van der Waals surface area (Å²) in [6.45, 7) is 5.58. The molecule has 0 fully saturated rings. The van der Waals surface area contributed by atoms with Gasteiger partial charge in [0, 0.05) is 6.04 Å². The zero-order valence-electron chi connectivity index (χ0n) is 8.77. The van der Waals surface area contributed by atoms with Crippen molar-refractivity contribution in [2.75, 3.05) is 13.6 Å². The molecule has 0 saturated heterocycles. The summed E-state index contributed by atoms with van der Waals surface area (Å²) in [6, 6.07) is 0.418. The van der Waals surface area contributed by atoms with Crippen LogP contribution < -0.4 is 11.1 Å². The Hall–Kier alpha value is -0.0800. The van der Waals surface area contributed by atoms with E-state index in [1.54, 1.807) is 0 Å². The van der Waals surface area contributed by atoms with Crippen molar-refractivity contribution in [3.05, 3.63) is 0 Å². The van der Waals surface area contributed by atoms with Crippen molar-refractivity contribution in [1.29, 1.82) is 0 Å². The van der Waals surface area contributed by atoms with Crippen LogP contribution in [0.2, 0.25) is 0 Å². The third-order valence-corrected chi connectivity index (χ3v) is 2.03. The van der Waals surface area contributed by atoms with E-state index in [1.165, 1.54) is 25.7 Å². The molecule has 0 saturated carbocycles. The predicted molar refractivity (Wildman–Crippen MR) is 55.2 cm³/mol. The summed E-state index contributed by atoms with van der Waals surface area (Å²) in [4.78, 5) is 0. The predicted octanol–water partition coefficient (Wildman–Crippen LogP) is 1.75. The molecule has 1 unspecified atom stereocenters. The Morgan fingerprint density at radius 3 is 2.42 bits per heavy atom. The third-order valence-electron chi connectivity index (χ3n) is 2.03. The molecule has 0 aliphatic heterocycles. The SMILES string of the molecule is CNCCCCC(N)CC(C)C. The maximum atomic E-state index is 5.94. The Kier molecular flexibility index (Phi) is 7.51. The summed E-state index contributed by atoms with van der Waals surface area (Å²) in [7, 11) is 1.99. The van der Waals surface area contributed by atoms with Gasteiger partial charge in [0.25, 0.3) is 0 Å². The molecule has 2 nitrogen and oxygen atoms in total. The zero-order chi connectivity index (χ0) is 9.40. The first kappa shape index (κ1) is 11.9. The normalized spacial score (nSPS) is 13.8. The number of nitrogens with two attached hydrogens (primary N) is 1. The lowest BCUT2D eigenvalue weighted by molar-refractivity contribution is 0.456. The van der Waals surface area contributed by atoms with Gasteiger partial charge >= 0.3 is 0 Å². The number of hydrogen-bond acceptors (Lipinski definition) is 2. The van der Waals surface area contributed by atoms with Crippen molar-refractivity contribution in [3.8, 4) is 0 Å². The molecule has 0 aromatic carbocycles. The van der Waals surface area contributed by atoms with E-state index in [2.05, 4.69) is 19.2 Å². The molecule has 0 aliphatic rings. The first-order valence-electron chi connectivity index (χ1n) is 5.07. The van der Waals surface area contributed by atoms with E-state index in [1.807, 2.05) is 7.05 Å². The fraction of sp³-hybridized carbons (Fsp3) is 1.00. The van der Waals surface area contributed by atoms with Crippen LogP contribution in [0.4, 0.5) is 0 Å². The van der Waals surface area contributed by atoms with Crippen LogP contribution in [0.15, 0.2) is 0 Å². The number of unbranched alkanes of at least 4 members (excludes halogenated alkanes) is 1. The number of nitrogens with one attached hydrogen (secondary N) is 1. The smallest absolute Gasteiger partial charge is 0.00412 e. The highest BCUT2D eigenvalue weighted by atomic mass is 14.8. The summed E-state index contributed by atoms with van der Waals surface area (Å²) in [5.41, 5.74) is 5.94. The highest BCUT2D eigenvalue weighted by Crippen LogP contribution is 2.08. The van der Waals surface area contributed by atoms with Gasteiger partial charge in [0.1, 0.15) is 0 Å². The fourth-order valence-electron chi connectivity index (χ4n) is 1.43. The molecule has 1 atom stereocenters. The van der Waals surface area contributed by atoms with Crippen LogP contribution in [-0.4, -0.2) is 19.6 Å². The lowest BCUT2D eigenvalue weighted by Gasteiger charge is -2.13. The van der Waals surface area contributed by atoms with E-state index in [-0.39, 0.29) is 0 Å². The third kappa shape index (κ3) is 8.02. The Balaban J connectivity index is 3.14. The standard InChI is InChI=1S/C10H24N2/c1-9(2)8-10(11)6-4-5-7-12-3/h9-10,12H,4-8,11H2,1-3H3. The first-order chi connectivity index (χ1) is 5.66. The molecular formula is C10H24N2. The average molecular weight is 172 g/mol. The van der Waals surface area contributed by atoms with E-state index in [4.69, 9.17) is 5.73 Å². The molecule has 74 valence electrons. The second kappa shape index (κ2) is 7.56. The molecule has 0 spiro atoms. The minimum atomic E-state index is 0.418. The molecule has 0 amide bonds. The van der Waals surface area contributed by atoms with Gasteiger partial charge in [-0.15, -0.1) is 0 Å². The second-order valence-corrected chi connectivity index (χ2v) is 3.99. The van der Waals surface area contributed by atoms with Crippen LogP contribution in [0.3, 0.4) is 0 Å². The highest BCUT2D eigenvalue weighted by molar-refractivity contribution is 4.63. The van der Waals surface area contributed by atoms with Crippen molar-refractivity contribution in [2.24, 2.45) is 11.7 Å². The topological polar surface area (TPSA) is 38.0 Å². The van der Waals surface area contributed by atoms with Crippen LogP contribution in [0, 0.1) is 5.92 Å². The van der Waals surface area contributed by atoms with Gasteiger partial charge in [-0.3, -0.25) is 0 Å². The minimum Gasteiger partial charge on any atom is -0.328 e. The monoisotopic (exact) mass is 172 g/mol. The zero-order valence-corrected chi connectivity index (χ0v) is 8.77. The second-order valence-electron chi connectivity index (χ2n) is 3.99. The van der Waals surface area contributed by atoms with Crippen molar-refractivity contribution < 1.29 is 0 Å². The van der Waals surface area contributed by atoms with Crippen LogP contribution in [0.5, 0.6) is 0 Å². The van der Waals surface area contributed by atoms with Crippen LogP contribution in [0.1, 0.15) is 39.5 Å². The number of hydrogen-bond donors (Lipinski definition) is 2. The van der Waals surface area contributed by atoms with Crippen molar-refractivity contribution in [1.82, 2.24) is 5.32 Å². The van der Waals surface area contributed by atoms with Crippen molar-refractivity contribution >= 4 is 0 Å². The van der Waals surface area contributed by atoms with Gasteiger partial charge in [0.15, 0.2) is 0 Å². The van der Waals surface area contributed by atoms with Gasteiger partial charge in [0.05, 0.1) is 0 Å². The Labute approximate surface area is 76.9 Å². The fourth-order valence-corrected chi connectivity index (χ4v) is 1.43. The summed E-state index contributed by atoms with van der Waals surface area (Å²) < 4.78 is 0. The summed E-state index contributed by atoms with van der Waals surface area (Å²) in [6.07, 6.45) is 4.86. The van der Waals surface area contributed by atoms with E-state index in [0.29, 0.717) is 6.04 Å². The molecule has 0 aromatic heterocycles. The Bertz CT molecular complexity index is 91.8.